The van der Waals surface area contributed by atoms with Crippen LogP contribution in [0.4, 0.5) is 0 Å². The molecule has 2 atom stereocenters. The number of carbonyl (C=O) groups is 1. The van der Waals surface area contributed by atoms with Crippen LogP contribution in [0.2, 0.25) is 0 Å². The molecular weight excluding hydrogens is 160 g/mol. The fraction of sp³-hybridized carbons (Fsp3) is 0.875. The summed E-state index contributed by atoms with van der Waals surface area (Å²) in [6, 6.07) is 0. The Labute approximate surface area is 71.5 Å². The van der Waals surface area contributed by atoms with Crippen molar-refractivity contribution in [3.63, 3.8) is 0 Å². The molecule has 1 N–H and O–H groups in total. The number of hydrogen-bond donors (Lipinski definition) is 1. The quantitative estimate of drug-likeness (QED) is 0.596. The van der Waals surface area contributed by atoms with Crippen molar-refractivity contribution in [3.8, 4) is 0 Å². The third kappa shape index (κ3) is 2.46. The van der Waals surface area contributed by atoms with Gasteiger partial charge in [0.05, 0.1) is 31.8 Å². The molecular formula is C8H14O4. The fourth-order valence-corrected chi connectivity index (χ4v) is 1.24. The van der Waals surface area contributed by atoms with Crippen LogP contribution in [0.15, 0.2) is 0 Å². The molecule has 0 radical (unpaired) electrons. The van der Waals surface area contributed by atoms with E-state index in [1.807, 2.05) is 0 Å². The van der Waals surface area contributed by atoms with Crippen LogP contribution in [0.1, 0.15) is 13.3 Å². The van der Waals surface area contributed by atoms with E-state index in [0.717, 1.165) is 0 Å². The second-order valence-corrected chi connectivity index (χ2v) is 2.88. The van der Waals surface area contributed by atoms with Gasteiger partial charge in [-0.25, -0.2) is 0 Å². The van der Waals surface area contributed by atoms with Gasteiger partial charge in [-0.1, -0.05) is 0 Å². The van der Waals surface area contributed by atoms with Gasteiger partial charge in [-0.3, -0.25) is 4.79 Å². The lowest BCUT2D eigenvalue weighted by Gasteiger charge is -2.24. The smallest absolute Gasteiger partial charge is 0.311 e. The lowest BCUT2D eigenvalue weighted by molar-refractivity contribution is -0.156. The van der Waals surface area contributed by atoms with Crippen molar-refractivity contribution in [1.29, 1.82) is 0 Å². The van der Waals surface area contributed by atoms with Gasteiger partial charge in [0.15, 0.2) is 0 Å². The van der Waals surface area contributed by atoms with Crippen molar-refractivity contribution in [1.82, 2.24) is 0 Å². The highest BCUT2D eigenvalue weighted by Gasteiger charge is 2.27. The minimum absolute atomic E-state index is 0.267. The Kier molecular flexibility index (Phi) is 3.49. The summed E-state index contributed by atoms with van der Waals surface area (Å²) in [4.78, 5) is 11.1. The highest BCUT2D eigenvalue weighted by atomic mass is 16.5. The standard InChI is InChI=1S/C8H14O4/c1-2-12-8(10)6-3-7(9)5-11-4-6/h6-7,9H,2-5H2,1H3. The summed E-state index contributed by atoms with van der Waals surface area (Å²) in [7, 11) is 0. The summed E-state index contributed by atoms with van der Waals surface area (Å²) in [5, 5.41) is 9.16. The molecule has 0 aromatic rings. The third-order valence-electron chi connectivity index (χ3n) is 1.81. The third-order valence-corrected chi connectivity index (χ3v) is 1.81. The predicted molar refractivity (Wildman–Crippen MR) is 41.6 cm³/mol. The summed E-state index contributed by atoms with van der Waals surface area (Å²) in [6.07, 6.45) is -0.0630. The normalized spacial score (nSPS) is 29.8. The van der Waals surface area contributed by atoms with Crippen molar-refractivity contribution < 1.29 is 19.4 Å². The SMILES string of the molecule is CCOC(=O)C1COCC(O)C1. The zero-order valence-electron chi connectivity index (χ0n) is 7.16. The maximum atomic E-state index is 11.1. The van der Waals surface area contributed by atoms with E-state index in [2.05, 4.69) is 0 Å². The fourth-order valence-electron chi connectivity index (χ4n) is 1.24. The largest absolute Gasteiger partial charge is 0.466 e. The summed E-state index contributed by atoms with van der Waals surface area (Å²) in [5.74, 6) is -0.551. The zero-order chi connectivity index (χ0) is 8.97. The van der Waals surface area contributed by atoms with Gasteiger partial charge in [0.1, 0.15) is 0 Å². The molecule has 1 saturated heterocycles. The van der Waals surface area contributed by atoms with Crippen molar-refractivity contribution in [2.45, 2.75) is 19.4 Å². The number of aliphatic hydroxyl groups is 1. The monoisotopic (exact) mass is 174 g/mol. The van der Waals surface area contributed by atoms with E-state index in [0.29, 0.717) is 26.2 Å². The van der Waals surface area contributed by atoms with E-state index < -0.39 is 6.10 Å². The van der Waals surface area contributed by atoms with E-state index in [4.69, 9.17) is 14.6 Å². The average Bonchev–Trinajstić information content (AvgIpc) is 2.05. The number of ether oxygens (including phenoxy) is 2. The topological polar surface area (TPSA) is 55.8 Å². The molecule has 12 heavy (non-hydrogen) atoms. The van der Waals surface area contributed by atoms with Gasteiger partial charge in [-0.05, 0) is 13.3 Å². The molecule has 1 aliphatic rings. The molecule has 1 aliphatic heterocycles. The van der Waals surface area contributed by atoms with E-state index in [9.17, 15) is 4.79 Å². The Bertz CT molecular complexity index is 157. The van der Waals surface area contributed by atoms with Crippen molar-refractivity contribution in [2.24, 2.45) is 5.92 Å². The van der Waals surface area contributed by atoms with Crippen molar-refractivity contribution in [2.75, 3.05) is 19.8 Å². The molecule has 0 aromatic heterocycles. The minimum atomic E-state index is -0.520. The molecule has 1 heterocycles. The van der Waals surface area contributed by atoms with Crippen LogP contribution in [0.3, 0.4) is 0 Å². The van der Waals surface area contributed by atoms with E-state index in [1.54, 1.807) is 6.92 Å². The predicted octanol–water partition coefficient (Wildman–Crippen LogP) is -0.0531. The van der Waals surface area contributed by atoms with E-state index in [1.165, 1.54) is 0 Å². The number of carbonyl (C=O) groups excluding carboxylic acids is 1. The Balaban J connectivity index is 2.35. The average molecular weight is 174 g/mol. The summed E-state index contributed by atoms with van der Waals surface area (Å²) < 4.78 is 9.81. The summed E-state index contributed by atoms with van der Waals surface area (Å²) in [6.45, 7) is 2.84. The molecule has 0 aromatic carbocycles. The number of esters is 1. The second-order valence-electron chi connectivity index (χ2n) is 2.88. The van der Waals surface area contributed by atoms with Crippen LogP contribution in [-0.2, 0) is 14.3 Å². The van der Waals surface area contributed by atoms with Crippen LogP contribution in [0.5, 0.6) is 0 Å². The molecule has 0 spiro atoms. The van der Waals surface area contributed by atoms with Gasteiger partial charge in [0, 0.05) is 0 Å². The van der Waals surface area contributed by atoms with Crippen LogP contribution >= 0.6 is 0 Å². The Hall–Kier alpha value is -0.610. The number of hydrogen-bond acceptors (Lipinski definition) is 4. The van der Waals surface area contributed by atoms with Crippen LogP contribution in [-0.4, -0.2) is 37.0 Å². The maximum Gasteiger partial charge on any atom is 0.311 e. The molecule has 0 bridgehead atoms. The molecule has 70 valence electrons. The van der Waals surface area contributed by atoms with Crippen molar-refractivity contribution in [3.05, 3.63) is 0 Å². The zero-order valence-corrected chi connectivity index (χ0v) is 7.16. The first-order valence-corrected chi connectivity index (χ1v) is 4.16. The Morgan fingerprint density at radius 3 is 3.00 bits per heavy atom. The Morgan fingerprint density at radius 2 is 2.42 bits per heavy atom. The van der Waals surface area contributed by atoms with Crippen LogP contribution < -0.4 is 0 Å². The van der Waals surface area contributed by atoms with Gasteiger partial charge in [0.2, 0.25) is 0 Å². The van der Waals surface area contributed by atoms with Gasteiger partial charge in [-0.2, -0.15) is 0 Å². The van der Waals surface area contributed by atoms with E-state index >= 15 is 0 Å². The minimum Gasteiger partial charge on any atom is -0.466 e. The second kappa shape index (κ2) is 4.42. The summed E-state index contributed by atoms with van der Waals surface area (Å²) >= 11 is 0. The maximum absolute atomic E-state index is 11.1. The van der Waals surface area contributed by atoms with Crippen LogP contribution in [0, 0.1) is 5.92 Å². The first-order chi connectivity index (χ1) is 5.74. The van der Waals surface area contributed by atoms with Gasteiger partial charge >= 0.3 is 5.97 Å². The molecule has 4 nitrogen and oxygen atoms in total. The molecule has 0 aliphatic carbocycles. The number of rotatable bonds is 2. The van der Waals surface area contributed by atoms with Gasteiger partial charge in [-0.15, -0.1) is 0 Å². The summed E-state index contributed by atoms with van der Waals surface area (Å²) in [5.41, 5.74) is 0. The Morgan fingerprint density at radius 1 is 1.67 bits per heavy atom. The van der Waals surface area contributed by atoms with Crippen LogP contribution in [0.25, 0.3) is 0 Å². The molecule has 0 amide bonds. The number of aliphatic hydroxyl groups excluding tert-OH is 1. The van der Waals surface area contributed by atoms with Crippen molar-refractivity contribution >= 4 is 5.97 Å². The molecule has 4 heteroatoms. The lowest BCUT2D eigenvalue weighted by Crippen LogP contribution is -2.34. The van der Waals surface area contributed by atoms with Gasteiger partial charge in [0.25, 0.3) is 0 Å². The lowest BCUT2D eigenvalue weighted by atomic mass is 10.0. The van der Waals surface area contributed by atoms with E-state index in [-0.39, 0.29) is 11.9 Å². The first-order valence-electron chi connectivity index (χ1n) is 4.16. The molecule has 1 fully saturated rings. The molecule has 0 saturated carbocycles. The highest BCUT2D eigenvalue weighted by molar-refractivity contribution is 5.72. The first kappa shape index (κ1) is 9.48. The molecule has 1 rings (SSSR count). The van der Waals surface area contributed by atoms with Gasteiger partial charge < -0.3 is 14.6 Å². The molecule has 2 unspecified atom stereocenters. The highest BCUT2D eigenvalue weighted by Crippen LogP contribution is 2.15.